The monoisotopic (exact) mass is 301 g/mol. The van der Waals surface area contributed by atoms with Crippen LogP contribution in [0, 0.1) is 19.7 Å². The van der Waals surface area contributed by atoms with E-state index in [9.17, 15) is 4.39 Å². The first-order chi connectivity index (χ1) is 10.6. The fraction of sp³-hybridized carbons (Fsp3) is 0.368. The summed E-state index contributed by atoms with van der Waals surface area (Å²) in [6.07, 6.45) is 1.79. The Morgan fingerprint density at radius 2 is 1.77 bits per heavy atom. The predicted octanol–water partition coefficient (Wildman–Crippen LogP) is 4.34. The van der Waals surface area contributed by atoms with E-state index in [1.54, 1.807) is 12.1 Å². The number of ether oxygens (including phenoxy) is 1. The molecule has 3 heteroatoms. The van der Waals surface area contributed by atoms with Gasteiger partial charge in [0.05, 0.1) is 6.61 Å². The maximum atomic E-state index is 13.3. The molecule has 0 aliphatic rings. The van der Waals surface area contributed by atoms with Gasteiger partial charge in [-0.25, -0.2) is 4.39 Å². The quantitative estimate of drug-likeness (QED) is 0.772. The van der Waals surface area contributed by atoms with Crippen molar-refractivity contribution >= 4 is 0 Å². The van der Waals surface area contributed by atoms with E-state index in [1.165, 1.54) is 6.07 Å². The van der Waals surface area contributed by atoms with E-state index in [0.29, 0.717) is 13.2 Å². The third kappa shape index (κ3) is 4.31. The molecule has 2 nitrogen and oxygen atoms in total. The molecule has 0 saturated heterocycles. The van der Waals surface area contributed by atoms with Gasteiger partial charge in [-0.1, -0.05) is 30.3 Å². The van der Waals surface area contributed by atoms with Crippen LogP contribution in [0.1, 0.15) is 35.4 Å². The first-order valence-electron chi connectivity index (χ1n) is 7.76. The normalized spacial score (nSPS) is 12.2. The SMILES string of the molecule is Cc1cccc(C)c1OCCCC(CN)c1cccc(F)c1. The van der Waals surface area contributed by atoms with Gasteiger partial charge in [-0.05, 0) is 68.0 Å². The second-order valence-electron chi connectivity index (χ2n) is 5.70. The third-order valence-corrected chi connectivity index (χ3v) is 3.96. The van der Waals surface area contributed by atoms with Crippen molar-refractivity contribution in [1.29, 1.82) is 0 Å². The third-order valence-electron chi connectivity index (χ3n) is 3.96. The van der Waals surface area contributed by atoms with Crippen molar-refractivity contribution in [3.63, 3.8) is 0 Å². The lowest BCUT2D eigenvalue weighted by Gasteiger charge is -2.16. The molecule has 2 N–H and O–H groups in total. The molecule has 118 valence electrons. The zero-order chi connectivity index (χ0) is 15.9. The Balaban J connectivity index is 1.87. The van der Waals surface area contributed by atoms with Gasteiger partial charge in [0.15, 0.2) is 0 Å². The van der Waals surface area contributed by atoms with Gasteiger partial charge in [-0.2, -0.15) is 0 Å². The molecule has 0 bridgehead atoms. The molecule has 2 aromatic rings. The van der Waals surface area contributed by atoms with Crippen LogP contribution in [0.4, 0.5) is 4.39 Å². The summed E-state index contributed by atoms with van der Waals surface area (Å²) < 4.78 is 19.2. The Labute approximate surface area is 132 Å². The van der Waals surface area contributed by atoms with E-state index >= 15 is 0 Å². The summed E-state index contributed by atoms with van der Waals surface area (Å²) in [5.41, 5.74) is 9.11. The van der Waals surface area contributed by atoms with Gasteiger partial charge >= 0.3 is 0 Å². The molecule has 0 aliphatic heterocycles. The maximum Gasteiger partial charge on any atom is 0.125 e. The fourth-order valence-corrected chi connectivity index (χ4v) is 2.71. The van der Waals surface area contributed by atoms with E-state index < -0.39 is 0 Å². The molecule has 0 radical (unpaired) electrons. The maximum absolute atomic E-state index is 13.3. The molecular formula is C19H24FNO. The van der Waals surface area contributed by atoms with Crippen molar-refractivity contribution in [2.45, 2.75) is 32.6 Å². The van der Waals surface area contributed by atoms with Crippen LogP contribution in [0.15, 0.2) is 42.5 Å². The van der Waals surface area contributed by atoms with Gasteiger partial charge in [0, 0.05) is 0 Å². The van der Waals surface area contributed by atoms with E-state index in [1.807, 2.05) is 12.1 Å². The lowest BCUT2D eigenvalue weighted by atomic mass is 9.94. The minimum absolute atomic E-state index is 0.178. The molecule has 0 spiro atoms. The van der Waals surface area contributed by atoms with E-state index in [-0.39, 0.29) is 11.7 Å². The number of hydrogen-bond donors (Lipinski definition) is 1. The molecule has 22 heavy (non-hydrogen) atoms. The lowest BCUT2D eigenvalue weighted by molar-refractivity contribution is 0.298. The molecule has 0 saturated carbocycles. The molecule has 2 rings (SSSR count). The Morgan fingerprint density at radius 1 is 1.09 bits per heavy atom. The molecule has 2 aromatic carbocycles. The van der Waals surface area contributed by atoms with Crippen LogP contribution in [0.5, 0.6) is 5.75 Å². The summed E-state index contributed by atoms with van der Waals surface area (Å²) >= 11 is 0. The standard InChI is InChI=1S/C19H24FNO/c1-14-6-3-7-15(2)19(14)22-11-5-9-17(13-21)16-8-4-10-18(20)12-16/h3-4,6-8,10,12,17H,5,9,11,13,21H2,1-2H3. The van der Waals surface area contributed by atoms with Gasteiger partial charge in [-0.15, -0.1) is 0 Å². The van der Waals surface area contributed by atoms with Gasteiger partial charge < -0.3 is 10.5 Å². The van der Waals surface area contributed by atoms with Crippen molar-refractivity contribution in [3.8, 4) is 5.75 Å². The number of rotatable bonds is 7. The number of halogens is 1. The van der Waals surface area contributed by atoms with Crippen LogP contribution in [-0.2, 0) is 0 Å². The van der Waals surface area contributed by atoms with Crippen LogP contribution < -0.4 is 10.5 Å². The van der Waals surface area contributed by atoms with Crippen molar-refractivity contribution in [3.05, 3.63) is 65.0 Å². The first kappa shape index (κ1) is 16.5. The van der Waals surface area contributed by atoms with Gasteiger partial charge in [0.1, 0.15) is 11.6 Å². The van der Waals surface area contributed by atoms with Crippen LogP contribution in [-0.4, -0.2) is 13.2 Å². The Hall–Kier alpha value is -1.87. The van der Waals surface area contributed by atoms with Crippen molar-refractivity contribution in [1.82, 2.24) is 0 Å². The highest BCUT2D eigenvalue weighted by Gasteiger charge is 2.11. The molecule has 0 aliphatic carbocycles. The number of nitrogens with two attached hydrogens (primary N) is 1. The van der Waals surface area contributed by atoms with Crippen molar-refractivity contribution in [2.75, 3.05) is 13.2 Å². The summed E-state index contributed by atoms with van der Waals surface area (Å²) in [4.78, 5) is 0. The average molecular weight is 301 g/mol. The number of hydrogen-bond acceptors (Lipinski definition) is 2. The minimum Gasteiger partial charge on any atom is -0.493 e. The van der Waals surface area contributed by atoms with Gasteiger partial charge in [0.2, 0.25) is 0 Å². The highest BCUT2D eigenvalue weighted by molar-refractivity contribution is 5.39. The smallest absolute Gasteiger partial charge is 0.125 e. The molecular weight excluding hydrogens is 277 g/mol. The topological polar surface area (TPSA) is 35.2 Å². The lowest BCUT2D eigenvalue weighted by Crippen LogP contribution is -2.14. The molecule has 0 fully saturated rings. The van der Waals surface area contributed by atoms with Crippen LogP contribution >= 0.6 is 0 Å². The minimum atomic E-state index is -0.206. The zero-order valence-corrected chi connectivity index (χ0v) is 13.3. The number of para-hydroxylation sites is 1. The molecule has 1 unspecified atom stereocenters. The first-order valence-corrected chi connectivity index (χ1v) is 7.76. The summed E-state index contributed by atoms with van der Waals surface area (Å²) in [6.45, 7) is 5.28. The summed E-state index contributed by atoms with van der Waals surface area (Å²) in [6, 6.07) is 12.8. The van der Waals surface area contributed by atoms with Gasteiger partial charge in [0.25, 0.3) is 0 Å². The number of aryl methyl sites for hydroxylation is 2. The fourth-order valence-electron chi connectivity index (χ4n) is 2.71. The molecule has 0 heterocycles. The van der Waals surface area contributed by atoms with Gasteiger partial charge in [-0.3, -0.25) is 0 Å². The molecule has 1 atom stereocenters. The van der Waals surface area contributed by atoms with Crippen LogP contribution in [0.3, 0.4) is 0 Å². The number of benzene rings is 2. The Kier molecular flexibility index (Phi) is 5.96. The summed E-state index contributed by atoms with van der Waals surface area (Å²) in [5.74, 6) is 0.942. The van der Waals surface area contributed by atoms with Crippen molar-refractivity contribution < 1.29 is 9.13 Å². The Morgan fingerprint density at radius 3 is 2.41 bits per heavy atom. The van der Waals surface area contributed by atoms with Crippen LogP contribution in [0.2, 0.25) is 0 Å². The summed E-state index contributed by atoms with van der Waals surface area (Å²) in [5, 5.41) is 0. The van der Waals surface area contributed by atoms with E-state index in [2.05, 4.69) is 26.0 Å². The molecule has 0 aromatic heterocycles. The average Bonchev–Trinajstić information content (AvgIpc) is 2.50. The van der Waals surface area contributed by atoms with Crippen molar-refractivity contribution in [2.24, 2.45) is 5.73 Å². The highest BCUT2D eigenvalue weighted by Crippen LogP contribution is 2.24. The van der Waals surface area contributed by atoms with E-state index in [4.69, 9.17) is 10.5 Å². The largest absolute Gasteiger partial charge is 0.493 e. The second-order valence-corrected chi connectivity index (χ2v) is 5.70. The Bertz CT molecular complexity index is 592. The van der Waals surface area contributed by atoms with Crippen LogP contribution in [0.25, 0.3) is 0 Å². The zero-order valence-electron chi connectivity index (χ0n) is 13.3. The second kappa shape index (κ2) is 7.95. The molecule has 0 amide bonds. The summed E-state index contributed by atoms with van der Waals surface area (Å²) in [7, 11) is 0. The highest BCUT2D eigenvalue weighted by atomic mass is 19.1. The predicted molar refractivity (Wildman–Crippen MR) is 88.8 cm³/mol. The van der Waals surface area contributed by atoms with E-state index in [0.717, 1.165) is 35.3 Å².